The summed E-state index contributed by atoms with van der Waals surface area (Å²) in [5.74, 6) is -4.51. The number of nitriles is 2. The third kappa shape index (κ3) is 9.15. The summed E-state index contributed by atoms with van der Waals surface area (Å²) in [6, 6.07) is 12.5. The SMILES string of the molecule is CCOC(=O)c1cc(C#N)c(OCc2ccc3c(c2)OC(F)(F)O3)nc1C(F)F.N#Cc1cc(C(=O)O)c(C(F)F)nc1OCc1ccc2c(c1)OC(F)(F)O2. The van der Waals surface area contributed by atoms with Crippen molar-refractivity contribution >= 4 is 11.9 Å². The van der Waals surface area contributed by atoms with Crippen molar-refractivity contribution in [1.82, 2.24) is 9.97 Å². The van der Waals surface area contributed by atoms with Crippen molar-refractivity contribution in [2.45, 2.75) is 45.6 Å². The van der Waals surface area contributed by atoms with Gasteiger partial charge in [0.25, 0.3) is 12.9 Å². The summed E-state index contributed by atoms with van der Waals surface area (Å²) in [7, 11) is 0. The fraction of sp³-hybridized carbons (Fsp3) is 0.235. The van der Waals surface area contributed by atoms with Gasteiger partial charge < -0.3 is 38.3 Å². The zero-order chi connectivity index (χ0) is 40.9. The minimum Gasteiger partial charge on any atom is -0.478 e. The van der Waals surface area contributed by atoms with Crippen LogP contribution >= 0.6 is 0 Å². The number of benzene rings is 2. The van der Waals surface area contributed by atoms with Gasteiger partial charge in [-0.05, 0) is 54.4 Å². The lowest BCUT2D eigenvalue weighted by atomic mass is 10.1. The standard InChI is InChI=1S/C18H12F4N2O5.C16H8F4N2O5/c1-2-26-17(25)11-6-10(7-23)16(24-14(11)15(19)20)27-8-9-3-4-12-13(5-9)29-18(21,22)28-12;17-13(18)12-9(15(23)24)4-8(5-21)14(22-12)25-6-7-1-2-10-11(3-7)27-16(19,20)26-10/h3-6,15H,2,8H2,1H3;1-4,13H,6H2,(H,23,24). The molecule has 2 aromatic heterocycles. The number of ether oxygens (including phenoxy) is 7. The number of rotatable bonds is 11. The number of aromatic carboxylic acids is 1. The number of alkyl halides is 8. The van der Waals surface area contributed by atoms with Crippen LogP contribution in [-0.4, -0.2) is 46.2 Å². The second kappa shape index (κ2) is 16.1. The molecule has 0 fully saturated rings. The number of carboxylic acids is 1. The number of hydrogen-bond donors (Lipinski definition) is 1. The van der Waals surface area contributed by atoms with Crippen LogP contribution in [0.5, 0.6) is 34.8 Å². The number of pyridine rings is 2. The molecule has 4 aromatic rings. The topological polar surface area (TPSA) is 192 Å². The van der Waals surface area contributed by atoms with Crippen LogP contribution in [0, 0.1) is 22.7 Å². The quantitative estimate of drug-likeness (QED) is 0.116. The van der Waals surface area contributed by atoms with Crippen molar-refractivity contribution < 1.29 is 83.0 Å². The van der Waals surface area contributed by atoms with E-state index in [0.717, 1.165) is 12.1 Å². The highest BCUT2D eigenvalue weighted by molar-refractivity contribution is 5.91. The Morgan fingerprint density at radius 2 is 1.12 bits per heavy atom. The molecule has 0 unspecified atom stereocenters. The first-order valence-corrected chi connectivity index (χ1v) is 15.3. The molecule has 22 heteroatoms. The summed E-state index contributed by atoms with van der Waals surface area (Å²) in [5, 5.41) is 27.3. The molecular weight excluding hydrogens is 776 g/mol. The van der Waals surface area contributed by atoms with Crippen LogP contribution < -0.4 is 28.4 Å². The third-order valence-corrected chi connectivity index (χ3v) is 7.10. The minimum absolute atomic E-state index is 0.0508. The van der Waals surface area contributed by atoms with E-state index in [1.165, 1.54) is 43.3 Å². The van der Waals surface area contributed by atoms with Crippen molar-refractivity contribution in [2.24, 2.45) is 0 Å². The molecule has 4 heterocycles. The molecule has 2 aromatic carbocycles. The molecule has 6 rings (SSSR count). The molecule has 1 N–H and O–H groups in total. The van der Waals surface area contributed by atoms with E-state index < -0.39 is 71.7 Å². The Hall–Kier alpha value is -7.10. The normalized spacial score (nSPS) is 13.9. The lowest BCUT2D eigenvalue weighted by molar-refractivity contribution is -0.287. The molecular formula is C34H20F8N4O10. The van der Waals surface area contributed by atoms with E-state index in [0.29, 0.717) is 11.1 Å². The van der Waals surface area contributed by atoms with Gasteiger partial charge in [-0.3, -0.25) is 0 Å². The summed E-state index contributed by atoms with van der Waals surface area (Å²) in [4.78, 5) is 29.9. The number of fused-ring (bicyclic) bond motifs is 2. The van der Waals surface area contributed by atoms with Crippen molar-refractivity contribution in [1.29, 1.82) is 10.5 Å². The molecule has 56 heavy (non-hydrogen) atoms. The number of carbonyl (C=O) groups is 2. The third-order valence-electron chi connectivity index (χ3n) is 7.10. The van der Waals surface area contributed by atoms with Gasteiger partial charge in [-0.1, -0.05) is 12.1 Å². The lowest BCUT2D eigenvalue weighted by Gasteiger charge is -2.12. The highest BCUT2D eigenvalue weighted by Gasteiger charge is 2.44. The van der Waals surface area contributed by atoms with Crippen LogP contribution in [0.15, 0.2) is 48.5 Å². The van der Waals surface area contributed by atoms with Crippen LogP contribution in [0.2, 0.25) is 0 Å². The Morgan fingerprint density at radius 1 is 0.714 bits per heavy atom. The Labute approximate surface area is 307 Å². The van der Waals surface area contributed by atoms with Gasteiger partial charge in [-0.2, -0.15) is 10.5 Å². The van der Waals surface area contributed by atoms with E-state index in [9.17, 15) is 50.0 Å². The van der Waals surface area contributed by atoms with Gasteiger partial charge >= 0.3 is 24.5 Å². The predicted octanol–water partition coefficient (Wildman–Crippen LogP) is 7.46. The molecule has 0 atom stereocenters. The molecule has 0 radical (unpaired) electrons. The average Bonchev–Trinajstić information content (AvgIpc) is 3.63. The van der Waals surface area contributed by atoms with Gasteiger partial charge in [-0.15, -0.1) is 17.6 Å². The van der Waals surface area contributed by atoms with E-state index in [1.54, 1.807) is 12.1 Å². The van der Waals surface area contributed by atoms with Crippen molar-refractivity contribution in [3.8, 4) is 46.9 Å². The van der Waals surface area contributed by atoms with Crippen molar-refractivity contribution in [3.05, 3.63) is 93.3 Å². The predicted molar refractivity (Wildman–Crippen MR) is 165 cm³/mol. The highest BCUT2D eigenvalue weighted by atomic mass is 19.3. The number of halogens is 8. The summed E-state index contributed by atoms with van der Waals surface area (Å²) < 4.78 is 137. The van der Waals surface area contributed by atoms with Gasteiger partial charge in [0.2, 0.25) is 11.8 Å². The first-order valence-electron chi connectivity index (χ1n) is 15.3. The van der Waals surface area contributed by atoms with Crippen LogP contribution in [-0.2, 0) is 18.0 Å². The van der Waals surface area contributed by atoms with Gasteiger partial charge in [0.1, 0.15) is 47.9 Å². The smallest absolute Gasteiger partial charge is 0.478 e. The first kappa shape index (κ1) is 40.1. The van der Waals surface area contributed by atoms with Crippen molar-refractivity contribution in [2.75, 3.05) is 6.61 Å². The zero-order valence-corrected chi connectivity index (χ0v) is 27.8. The molecule has 0 saturated carbocycles. The van der Waals surface area contributed by atoms with E-state index in [1.807, 2.05) is 0 Å². The number of carboxylic acid groups (broad SMARTS) is 1. The molecule has 2 aliphatic heterocycles. The van der Waals surface area contributed by atoms with Crippen LogP contribution in [0.3, 0.4) is 0 Å². The number of nitrogens with zero attached hydrogens (tertiary/aromatic N) is 4. The minimum atomic E-state index is -3.80. The molecule has 0 bridgehead atoms. The average molecular weight is 797 g/mol. The Bertz CT molecular complexity index is 2260. The largest absolute Gasteiger partial charge is 0.586 e. The Balaban J connectivity index is 0.000000215. The van der Waals surface area contributed by atoms with Gasteiger partial charge in [0.05, 0.1) is 17.7 Å². The maximum atomic E-state index is 13.3. The number of aromatic nitrogens is 2. The first-order chi connectivity index (χ1) is 26.4. The second-order valence-electron chi connectivity index (χ2n) is 10.9. The Morgan fingerprint density at radius 3 is 1.52 bits per heavy atom. The molecule has 0 aliphatic carbocycles. The van der Waals surface area contributed by atoms with Gasteiger partial charge in [0.15, 0.2) is 23.0 Å². The number of carbonyl (C=O) groups excluding carboxylic acids is 1. The maximum Gasteiger partial charge on any atom is 0.586 e. The zero-order valence-electron chi connectivity index (χ0n) is 27.8. The fourth-order valence-electron chi connectivity index (χ4n) is 4.75. The molecule has 0 amide bonds. The van der Waals surface area contributed by atoms with Gasteiger partial charge in [-0.25, -0.2) is 37.1 Å². The summed E-state index contributed by atoms with van der Waals surface area (Å²) in [6.45, 7) is 0.812. The van der Waals surface area contributed by atoms with Crippen molar-refractivity contribution in [3.63, 3.8) is 0 Å². The summed E-state index contributed by atoms with van der Waals surface area (Å²) in [5.41, 5.74) is -3.35. The monoisotopic (exact) mass is 796 g/mol. The van der Waals surface area contributed by atoms with Crippen LogP contribution in [0.4, 0.5) is 35.1 Å². The highest BCUT2D eigenvalue weighted by Crippen LogP contribution is 2.42. The van der Waals surface area contributed by atoms with E-state index in [4.69, 9.17) is 24.6 Å². The van der Waals surface area contributed by atoms with Gasteiger partial charge in [0, 0.05) is 0 Å². The van der Waals surface area contributed by atoms with E-state index in [2.05, 4.69) is 28.9 Å². The number of hydrogen-bond acceptors (Lipinski definition) is 13. The molecule has 2 aliphatic rings. The molecule has 0 spiro atoms. The van der Waals surface area contributed by atoms with Crippen LogP contribution in [0.25, 0.3) is 0 Å². The second-order valence-corrected chi connectivity index (χ2v) is 10.9. The molecule has 292 valence electrons. The van der Waals surface area contributed by atoms with Crippen LogP contribution in [0.1, 0.15) is 74.1 Å². The molecule has 14 nitrogen and oxygen atoms in total. The summed E-state index contributed by atoms with van der Waals surface area (Å²) >= 11 is 0. The van der Waals surface area contributed by atoms with E-state index in [-0.39, 0.29) is 53.9 Å². The number of esters is 1. The lowest BCUT2D eigenvalue weighted by Crippen LogP contribution is -2.25. The maximum absolute atomic E-state index is 13.3. The Kier molecular flexibility index (Phi) is 11.5. The summed E-state index contributed by atoms with van der Waals surface area (Å²) in [6.07, 6.45) is -13.9. The van der Waals surface area contributed by atoms with E-state index >= 15 is 0 Å². The fourth-order valence-corrected chi connectivity index (χ4v) is 4.75. The molecule has 0 saturated heterocycles.